The fourth-order valence-corrected chi connectivity index (χ4v) is 2.50. The lowest BCUT2D eigenvalue weighted by Crippen LogP contribution is -2.23. The lowest BCUT2D eigenvalue weighted by molar-refractivity contribution is 0.299. The minimum absolute atomic E-state index is 0.138. The number of anilines is 1. The van der Waals surface area contributed by atoms with Crippen LogP contribution in [0.4, 0.5) is 10.1 Å². The maximum absolute atomic E-state index is 13.7. The van der Waals surface area contributed by atoms with E-state index in [1.807, 2.05) is 54.6 Å². The van der Waals surface area contributed by atoms with Crippen LogP contribution in [-0.4, -0.2) is 11.3 Å². The number of ether oxygens (including phenoxy) is 1. The average molecular weight is 379 g/mol. The molecule has 0 aromatic heterocycles. The van der Waals surface area contributed by atoms with Crippen LogP contribution in [0, 0.1) is 5.82 Å². The number of nitrogens with one attached hydrogen (secondary N) is 2. The second-order valence-corrected chi connectivity index (χ2v) is 6.02. The Hall–Kier alpha value is -3.25. The van der Waals surface area contributed by atoms with Crippen molar-refractivity contribution in [1.82, 2.24) is 5.43 Å². The average Bonchev–Trinajstić information content (AvgIpc) is 2.69. The van der Waals surface area contributed by atoms with Crippen molar-refractivity contribution in [3.05, 3.63) is 95.8 Å². The van der Waals surface area contributed by atoms with Crippen molar-refractivity contribution in [2.45, 2.75) is 6.61 Å². The standard InChI is InChI=1S/C21H18FN3OS/c22-19-12-6-4-9-17(19)15-26-20-13-7-5-8-16(20)14-23-25-21(27)24-18-10-2-1-3-11-18/h1-14H,15H2,(H2,24,25,27)/b23-14-. The van der Waals surface area contributed by atoms with Gasteiger partial charge in [-0.3, -0.25) is 5.43 Å². The smallest absolute Gasteiger partial charge is 0.191 e. The Morgan fingerprint density at radius 3 is 2.48 bits per heavy atom. The first-order chi connectivity index (χ1) is 13.2. The van der Waals surface area contributed by atoms with E-state index >= 15 is 0 Å². The predicted molar refractivity (Wildman–Crippen MR) is 111 cm³/mol. The van der Waals surface area contributed by atoms with Crippen molar-refractivity contribution in [3.63, 3.8) is 0 Å². The summed E-state index contributed by atoms with van der Waals surface area (Å²) in [6, 6.07) is 23.5. The first-order valence-corrected chi connectivity index (χ1v) is 8.73. The van der Waals surface area contributed by atoms with Crippen molar-refractivity contribution in [2.75, 3.05) is 5.32 Å². The maximum atomic E-state index is 13.7. The van der Waals surface area contributed by atoms with Crippen LogP contribution in [-0.2, 0) is 6.61 Å². The van der Waals surface area contributed by atoms with Crippen molar-refractivity contribution in [1.29, 1.82) is 0 Å². The molecule has 0 bridgehead atoms. The zero-order chi connectivity index (χ0) is 18.9. The summed E-state index contributed by atoms with van der Waals surface area (Å²) in [7, 11) is 0. The Bertz CT molecular complexity index is 931. The molecule has 2 N–H and O–H groups in total. The van der Waals surface area contributed by atoms with Crippen LogP contribution >= 0.6 is 12.2 Å². The summed E-state index contributed by atoms with van der Waals surface area (Å²) in [6.45, 7) is 0.138. The Morgan fingerprint density at radius 2 is 1.67 bits per heavy atom. The molecular weight excluding hydrogens is 361 g/mol. The summed E-state index contributed by atoms with van der Waals surface area (Å²) in [5.41, 5.74) is 4.89. The number of benzene rings is 3. The summed E-state index contributed by atoms with van der Waals surface area (Å²) in [6.07, 6.45) is 1.61. The molecule has 0 unspecified atom stereocenters. The molecule has 27 heavy (non-hydrogen) atoms. The molecule has 4 nitrogen and oxygen atoms in total. The van der Waals surface area contributed by atoms with Crippen molar-refractivity contribution >= 4 is 29.2 Å². The van der Waals surface area contributed by atoms with E-state index in [1.165, 1.54) is 6.07 Å². The van der Waals surface area contributed by atoms with Crippen LogP contribution in [0.2, 0.25) is 0 Å². The number of nitrogens with zero attached hydrogens (tertiary/aromatic N) is 1. The first-order valence-electron chi connectivity index (χ1n) is 8.33. The molecule has 3 aromatic rings. The topological polar surface area (TPSA) is 45.6 Å². The molecule has 0 saturated heterocycles. The minimum atomic E-state index is -0.289. The molecule has 6 heteroatoms. The zero-order valence-electron chi connectivity index (χ0n) is 14.4. The van der Waals surface area contributed by atoms with Gasteiger partial charge in [0, 0.05) is 16.8 Å². The summed E-state index contributed by atoms with van der Waals surface area (Å²) < 4.78 is 19.5. The van der Waals surface area contributed by atoms with Crippen LogP contribution < -0.4 is 15.5 Å². The van der Waals surface area contributed by atoms with Gasteiger partial charge >= 0.3 is 0 Å². The summed E-state index contributed by atoms with van der Waals surface area (Å²) in [5, 5.41) is 7.54. The van der Waals surface area contributed by atoms with Gasteiger partial charge in [0.05, 0.1) is 6.21 Å². The van der Waals surface area contributed by atoms with Crippen LogP contribution in [0.1, 0.15) is 11.1 Å². The van der Waals surface area contributed by atoms with Crippen molar-refractivity contribution in [3.8, 4) is 5.75 Å². The molecule has 3 aromatic carbocycles. The van der Waals surface area contributed by atoms with E-state index in [-0.39, 0.29) is 12.4 Å². The van der Waals surface area contributed by atoms with Crippen LogP contribution in [0.25, 0.3) is 0 Å². The van der Waals surface area contributed by atoms with E-state index < -0.39 is 0 Å². The normalized spacial score (nSPS) is 10.6. The highest BCUT2D eigenvalue weighted by Crippen LogP contribution is 2.18. The molecule has 0 amide bonds. The summed E-state index contributed by atoms with van der Waals surface area (Å²) >= 11 is 5.20. The second-order valence-electron chi connectivity index (χ2n) is 5.61. The van der Waals surface area contributed by atoms with Crippen LogP contribution in [0.3, 0.4) is 0 Å². The van der Waals surface area contributed by atoms with E-state index in [2.05, 4.69) is 15.8 Å². The van der Waals surface area contributed by atoms with Gasteiger partial charge in [-0.25, -0.2) is 4.39 Å². The van der Waals surface area contributed by atoms with Crippen LogP contribution in [0.15, 0.2) is 84.0 Å². The van der Waals surface area contributed by atoms with Gasteiger partial charge in [0.25, 0.3) is 0 Å². The highest BCUT2D eigenvalue weighted by atomic mass is 32.1. The molecule has 0 aliphatic carbocycles. The van der Waals surface area contributed by atoms with E-state index in [4.69, 9.17) is 17.0 Å². The number of hydrazone groups is 1. The summed E-state index contributed by atoms with van der Waals surface area (Å²) in [4.78, 5) is 0. The molecule has 3 rings (SSSR count). The van der Waals surface area contributed by atoms with Gasteiger partial charge in [-0.1, -0.05) is 48.5 Å². The molecule has 0 atom stereocenters. The van der Waals surface area contributed by atoms with E-state index in [9.17, 15) is 4.39 Å². The lowest BCUT2D eigenvalue weighted by atomic mass is 10.2. The van der Waals surface area contributed by atoms with E-state index in [1.54, 1.807) is 24.4 Å². The Kier molecular flexibility index (Phi) is 6.49. The molecule has 0 spiro atoms. The number of thiocarbonyl (C=S) groups is 1. The lowest BCUT2D eigenvalue weighted by Gasteiger charge is -2.10. The first kappa shape index (κ1) is 18.5. The molecule has 0 aliphatic rings. The van der Waals surface area contributed by atoms with Gasteiger partial charge in [-0.2, -0.15) is 5.10 Å². The SMILES string of the molecule is Fc1ccccc1COc1ccccc1/C=N\NC(=S)Nc1ccccc1. The van der Waals surface area contributed by atoms with E-state index in [0.29, 0.717) is 16.4 Å². The maximum Gasteiger partial charge on any atom is 0.191 e. The van der Waals surface area contributed by atoms with Gasteiger partial charge in [0.15, 0.2) is 5.11 Å². The monoisotopic (exact) mass is 379 g/mol. The third-order valence-electron chi connectivity index (χ3n) is 3.66. The molecule has 0 fully saturated rings. The number of hydrogen-bond donors (Lipinski definition) is 2. The Balaban J connectivity index is 1.59. The third-order valence-corrected chi connectivity index (χ3v) is 3.85. The summed E-state index contributed by atoms with van der Waals surface area (Å²) in [5.74, 6) is 0.316. The molecular formula is C21H18FN3OS. The molecule has 0 saturated carbocycles. The van der Waals surface area contributed by atoms with E-state index in [0.717, 1.165) is 11.3 Å². The second kappa shape index (κ2) is 9.45. The molecule has 0 aliphatic heterocycles. The zero-order valence-corrected chi connectivity index (χ0v) is 15.2. The van der Waals surface area contributed by atoms with Crippen molar-refractivity contribution in [2.24, 2.45) is 5.10 Å². The Labute approximate surface area is 162 Å². The van der Waals surface area contributed by atoms with Gasteiger partial charge < -0.3 is 10.1 Å². The van der Waals surface area contributed by atoms with Gasteiger partial charge in [0.1, 0.15) is 18.2 Å². The van der Waals surface area contributed by atoms with Crippen LogP contribution in [0.5, 0.6) is 5.75 Å². The predicted octanol–water partition coefficient (Wildman–Crippen LogP) is 4.73. The number of hydrogen-bond acceptors (Lipinski definition) is 3. The fraction of sp³-hybridized carbons (Fsp3) is 0.0476. The van der Waals surface area contributed by atoms with Crippen molar-refractivity contribution < 1.29 is 9.13 Å². The van der Waals surface area contributed by atoms with Gasteiger partial charge in [-0.15, -0.1) is 0 Å². The fourth-order valence-electron chi connectivity index (χ4n) is 2.33. The quantitative estimate of drug-likeness (QED) is 0.369. The number of rotatable bonds is 6. The third kappa shape index (κ3) is 5.62. The molecule has 136 valence electrons. The highest BCUT2D eigenvalue weighted by Gasteiger charge is 2.04. The number of halogens is 1. The largest absolute Gasteiger partial charge is 0.488 e. The van der Waals surface area contributed by atoms with Gasteiger partial charge in [0.2, 0.25) is 0 Å². The highest BCUT2D eigenvalue weighted by molar-refractivity contribution is 7.80. The van der Waals surface area contributed by atoms with Gasteiger partial charge in [-0.05, 0) is 42.5 Å². The Morgan fingerprint density at radius 1 is 0.963 bits per heavy atom. The molecule has 0 heterocycles. The number of para-hydroxylation sites is 2. The minimum Gasteiger partial charge on any atom is -0.488 e. The molecule has 0 radical (unpaired) electrons.